The van der Waals surface area contributed by atoms with Crippen molar-refractivity contribution < 1.29 is 0 Å². The molecule has 0 spiro atoms. The molecule has 5 heteroatoms. The highest BCUT2D eigenvalue weighted by Gasteiger charge is 2.20. The topological polar surface area (TPSA) is 57.8 Å². The van der Waals surface area contributed by atoms with E-state index < -0.39 is 0 Å². The molecule has 2 aromatic heterocycles. The number of H-pyrrole nitrogens is 1. The molecule has 88 valence electrons. The van der Waals surface area contributed by atoms with E-state index in [-0.39, 0.29) is 5.56 Å². The Morgan fingerprint density at radius 1 is 1.53 bits per heavy atom. The van der Waals surface area contributed by atoms with Gasteiger partial charge in [-0.2, -0.15) is 0 Å². The quantitative estimate of drug-likeness (QED) is 0.865. The zero-order chi connectivity index (χ0) is 11.7. The van der Waals surface area contributed by atoms with Crippen LogP contribution in [-0.2, 0) is 6.54 Å². The summed E-state index contributed by atoms with van der Waals surface area (Å²) in [4.78, 5) is 19.8. The third kappa shape index (κ3) is 2.62. The zero-order valence-electron chi connectivity index (χ0n) is 9.27. The lowest BCUT2D eigenvalue weighted by atomic mass is 10.3. The number of nitrogens with one attached hydrogen (secondary N) is 2. The highest BCUT2D eigenvalue weighted by molar-refractivity contribution is 7.13. The van der Waals surface area contributed by atoms with E-state index in [1.807, 2.05) is 17.5 Å². The van der Waals surface area contributed by atoms with Gasteiger partial charge in [0.05, 0.1) is 10.6 Å². The minimum atomic E-state index is -0.0870. The Hall–Kier alpha value is -1.46. The maximum atomic E-state index is 11.5. The summed E-state index contributed by atoms with van der Waals surface area (Å²) in [5, 5.41) is 5.34. The van der Waals surface area contributed by atoms with Gasteiger partial charge in [-0.1, -0.05) is 6.07 Å². The van der Waals surface area contributed by atoms with Gasteiger partial charge in [-0.25, -0.2) is 4.98 Å². The van der Waals surface area contributed by atoms with Gasteiger partial charge in [0.1, 0.15) is 0 Å². The fourth-order valence-electron chi connectivity index (χ4n) is 1.66. The van der Waals surface area contributed by atoms with Crippen LogP contribution >= 0.6 is 11.3 Å². The lowest BCUT2D eigenvalue weighted by Gasteiger charge is -2.03. The summed E-state index contributed by atoms with van der Waals surface area (Å²) in [7, 11) is 0. The summed E-state index contributed by atoms with van der Waals surface area (Å²) in [5.41, 5.74) is 0.722. The molecule has 2 N–H and O–H groups in total. The third-order valence-electron chi connectivity index (χ3n) is 2.70. The van der Waals surface area contributed by atoms with Crippen LogP contribution in [0.15, 0.2) is 28.4 Å². The van der Waals surface area contributed by atoms with Crippen molar-refractivity contribution in [1.29, 1.82) is 0 Å². The van der Waals surface area contributed by atoms with Gasteiger partial charge in [-0.3, -0.25) is 4.79 Å². The smallest absolute Gasteiger partial charge is 0.251 e. The second-order valence-corrected chi connectivity index (χ2v) is 5.17. The van der Waals surface area contributed by atoms with Crippen LogP contribution in [0.5, 0.6) is 0 Å². The van der Waals surface area contributed by atoms with Crippen molar-refractivity contribution in [2.24, 2.45) is 0 Å². The Balaban J connectivity index is 1.86. The number of hydrogen-bond donors (Lipinski definition) is 2. The molecular weight excluding hydrogens is 234 g/mol. The van der Waals surface area contributed by atoms with E-state index in [0.717, 1.165) is 10.6 Å². The first kappa shape index (κ1) is 10.7. The number of hydrogen-bond acceptors (Lipinski definition) is 4. The van der Waals surface area contributed by atoms with Crippen molar-refractivity contribution in [2.75, 3.05) is 0 Å². The number of rotatable bonds is 4. The fourth-order valence-corrected chi connectivity index (χ4v) is 2.33. The van der Waals surface area contributed by atoms with Gasteiger partial charge in [0, 0.05) is 18.7 Å². The summed E-state index contributed by atoms with van der Waals surface area (Å²) >= 11 is 1.58. The molecule has 0 radical (unpaired) electrons. The molecule has 2 aromatic rings. The standard InChI is InChI=1S/C12H13N3OS/c16-11-6-9(7-13-8-3-4-8)14-12(15-11)10-2-1-5-17-10/h1-2,5-6,8,13H,3-4,7H2,(H,14,15,16). The Morgan fingerprint density at radius 2 is 2.41 bits per heavy atom. The summed E-state index contributed by atoms with van der Waals surface area (Å²) < 4.78 is 0. The Kier molecular flexibility index (Phi) is 2.78. The van der Waals surface area contributed by atoms with Gasteiger partial charge in [-0.05, 0) is 24.3 Å². The van der Waals surface area contributed by atoms with Crippen molar-refractivity contribution >= 4 is 11.3 Å². The van der Waals surface area contributed by atoms with Gasteiger partial charge in [0.2, 0.25) is 0 Å². The molecule has 0 amide bonds. The predicted octanol–water partition coefficient (Wildman–Crippen LogP) is 1.75. The van der Waals surface area contributed by atoms with Crippen LogP contribution in [0.4, 0.5) is 0 Å². The van der Waals surface area contributed by atoms with Gasteiger partial charge in [-0.15, -0.1) is 11.3 Å². The Bertz CT molecular complexity index is 557. The maximum Gasteiger partial charge on any atom is 0.251 e. The van der Waals surface area contributed by atoms with Gasteiger partial charge < -0.3 is 10.3 Å². The molecule has 0 bridgehead atoms. The molecule has 1 saturated carbocycles. The molecule has 0 atom stereocenters. The second-order valence-electron chi connectivity index (χ2n) is 4.22. The molecule has 3 rings (SSSR count). The molecule has 1 fully saturated rings. The van der Waals surface area contributed by atoms with E-state index in [2.05, 4.69) is 15.3 Å². The molecule has 4 nitrogen and oxygen atoms in total. The number of aromatic amines is 1. The average molecular weight is 247 g/mol. The van der Waals surface area contributed by atoms with E-state index in [1.165, 1.54) is 12.8 Å². The van der Waals surface area contributed by atoms with Crippen molar-refractivity contribution in [3.63, 3.8) is 0 Å². The van der Waals surface area contributed by atoms with Crippen LogP contribution in [0.1, 0.15) is 18.5 Å². The average Bonchev–Trinajstić information content (AvgIpc) is 2.98. The van der Waals surface area contributed by atoms with Gasteiger partial charge in [0.25, 0.3) is 5.56 Å². The fraction of sp³-hybridized carbons (Fsp3) is 0.333. The van der Waals surface area contributed by atoms with Crippen LogP contribution in [0.25, 0.3) is 10.7 Å². The van der Waals surface area contributed by atoms with E-state index in [9.17, 15) is 4.79 Å². The van der Waals surface area contributed by atoms with E-state index >= 15 is 0 Å². The Morgan fingerprint density at radius 3 is 3.12 bits per heavy atom. The largest absolute Gasteiger partial charge is 0.308 e. The van der Waals surface area contributed by atoms with Crippen molar-refractivity contribution in [1.82, 2.24) is 15.3 Å². The van der Waals surface area contributed by atoms with Crippen LogP contribution in [0, 0.1) is 0 Å². The summed E-state index contributed by atoms with van der Waals surface area (Å²) in [5.74, 6) is 0.667. The predicted molar refractivity (Wildman–Crippen MR) is 68.0 cm³/mol. The number of nitrogens with zero attached hydrogens (tertiary/aromatic N) is 1. The molecule has 17 heavy (non-hydrogen) atoms. The normalized spacial score (nSPS) is 15.1. The van der Waals surface area contributed by atoms with Crippen molar-refractivity contribution in [3.05, 3.63) is 39.6 Å². The van der Waals surface area contributed by atoms with E-state index in [4.69, 9.17) is 0 Å². The van der Waals surface area contributed by atoms with Crippen molar-refractivity contribution in [2.45, 2.75) is 25.4 Å². The molecule has 0 aromatic carbocycles. The molecule has 0 aliphatic heterocycles. The third-order valence-corrected chi connectivity index (χ3v) is 3.58. The van der Waals surface area contributed by atoms with Gasteiger partial charge in [0.15, 0.2) is 5.82 Å². The lowest BCUT2D eigenvalue weighted by Crippen LogP contribution is -2.19. The number of thiophene rings is 1. The van der Waals surface area contributed by atoms with E-state index in [1.54, 1.807) is 17.4 Å². The molecular formula is C12H13N3OS. The first-order valence-electron chi connectivity index (χ1n) is 5.69. The SMILES string of the molecule is O=c1cc(CNC2CC2)nc(-c2cccs2)[nH]1. The molecule has 2 heterocycles. The lowest BCUT2D eigenvalue weighted by molar-refractivity contribution is 0.672. The summed E-state index contributed by atoms with van der Waals surface area (Å²) in [6.07, 6.45) is 2.47. The second kappa shape index (κ2) is 4.43. The highest BCUT2D eigenvalue weighted by Crippen LogP contribution is 2.21. The monoisotopic (exact) mass is 247 g/mol. The summed E-state index contributed by atoms with van der Waals surface area (Å²) in [6.45, 7) is 0.674. The molecule has 1 aliphatic carbocycles. The van der Waals surface area contributed by atoms with Crippen LogP contribution in [0.2, 0.25) is 0 Å². The summed E-state index contributed by atoms with van der Waals surface area (Å²) in [6, 6.07) is 6.10. The molecule has 1 aliphatic rings. The highest BCUT2D eigenvalue weighted by atomic mass is 32.1. The first-order valence-corrected chi connectivity index (χ1v) is 6.57. The Labute approximate surface area is 103 Å². The van der Waals surface area contributed by atoms with Crippen LogP contribution in [-0.4, -0.2) is 16.0 Å². The minimum Gasteiger partial charge on any atom is -0.308 e. The van der Waals surface area contributed by atoms with Crippen LogP contribution < -0.4 is 10.9 Å². The molecule has 0 saturated heterocycles. The van der Waals surface area contributed by atoms with Gasteiger partial charge >= 0.3 is 0 Å². The first-order chi connectivity index (χ1) is 8.31. The maximum absolute atomic E-state index is 11.5. The van der Waals surface area contributed by atoms with Crippen LogP contribution in [0.3, 0.4) is 0 Å². The zero-order valence-corrected chi connectivity index (χ0v) is 10.1. The minimum absolute atomic E-state index is 0.0870. The molecule has 0 unspecified atom stereocenters. The van der Waals surface area contributed by atoms with Crippen molar-refractivity contribution in [3.8, 4) is 10.7 Å². The van der Waals surface area contributed by atoms with E-state index in [0.29, 0.717) is 18.4 Å². The number of aromatic nitrogens is 2.